The van der Waals surface area contributed by atoms with E-state index in [0.29, 0.717) is 22.6 Å². The molecule has 4 nitrogen and oxygen atoms in total. The molecule has 3 aromatic carbocycles. The van der Waals surface area contributed by atoms with E-state index in [1.165, 1.54) is 19.3 Å². The summed E-state index contributed by atoms with van der Waals surface area (Å²) >= 11 is 0. The van der Waals surface area contributed by atoms with Crippen LogP contribution in [0.3, 0.4) is 0 Å². The number of carbonyl (C=O) groups is 2. The van der Waals surface area contributed by atoms with Crippen LogP contribution in [0.4, 0.5) is 10.1 Å². The van der Waals surface area contributed by atoms with Crippen molar-refractivity contribution in [2.24, 2.45) is 0 Å². The fourth-order valence-electron chi connectivity index (χ4n) is 3.27. The van der Waals surface area contributed by atoms with Gasteiger partial charge in [-0.2, -0.15) is 0 Å². The minimum Gasteiger partial charge on any atom is -0.495 e. The van der Waals surface area contributed by atoms with Crippen molar-refractivity contribution in [2.45, 2.75) is 0 Å². The third kappa shape index (κ3) is 2.87. The second-order valence-corrected chi connectivity index (χ2v) is 6.24. The molecule has 0 spiro atoms. The number of carbonyl (C=O) groups excluding carboxylic acids is 2. The van der Waals surface area contributed by atoms with Gasteiger partial charge in [0.05, 0.1) is 12.8 Å². The van der Waals surface area contributed by atoms with E-state index in [9.17, 15) is 14.0 Å². The van der Waals surface area contributed by atoms with Gasteiger partial charge in [-0.05, 0) is 35.9 Å². The summed E-state index contributed by atoms with van der Waals surface area (Å²) in [5.74, 6) is -1.03. The number of benzene rings is 3. The second kappa shape index (κ2) is 7.12. The monoisotopic (exact) mass is 373 g/mol. The van der Waals surface area contributed by atoms with Crippen LogP contribution in [-0.2, 0) is 4.79 Å². The molecule has 5 heteroatoms. The lowest BCUT2D eigenvalue weighted by molar-refractivity contribution is -0.112. The summed E-state index contributed by atoms with van der Waals surface area (Å²) in [7, 11) is 1.47. The van der Waals surface area contributed by atoms with Gasteiger partial charge in [-0.25, -0.2) is 9.29 Å². The van der Waals surface area contributed by atoms with Gasteiger partial charge in [-0.15, -0.1) is 0 Å². The summed E-state index contributed by atoms with van der Waals surface area (Å²) in [6.45, 7) is 0. The Morgan fingerprint density at radius 2 is 1.46 bits per heavy atom. The number of anilines is 1. The van der Waals surface area contributed by atoms with Crippen molar-refractivity contribution < 1.29 is 18.7 Å². The van der Waals surface area contributed by atoms with Gasteiger partial charge in [0, 0.05) is 16.7 Å². The normalized spacial score (nSPS) is 14.9. The SMILES string of the molecule is COc1ccccc1N1C(=O)/C(=C\c2ccccc2F)c2ccccc2C1=O. The van der Waals surface area contributed by atoms with Crippen LogP contribution in [0, 0.1) is 5.82 Å². The topological polar surface area (TPSA) is 46.6 Å². The van der Waals surface area contributed by atoms with E-state index in [0.717, 1.165) is 4.90 Å². The molecule has 0 aliphatic carbocycles. The molecule has 0 aromatic heterocycles. The highest BCUT2D eigenvalue weighted by atomic mass is 19.1. The Balaban J connectivity index is 1.94. The molecule has 0 radical (unpaired) electrons. The van der Waals surface area contributed by atoms with Crippen molar-refractivity contribution in [3.63, 3.8) is 0 Å². The Morgan fingerprint density at radius 3 is 2.21 bits per heavy atom. The van der Waals surface area contributed by atoms with Gasteiger partial charge in [0.15, 0.2) is 0 Å². The Hall–Kier alpha value is -3.73. The van der Waals surface area contributed by atoms with E-state index in [1.54, 1.807) is 66.7 Å². The highest BCUT2D eigenvalue weighted by Crippen LogP contribution is 2.37. The first-order valence-electron chi connectivity index (χ1n) is 8.69. The third-order valence-corrected chi connectivity index (χ3v) is 4.62. The molecule has 0 saturated carbocycles. The number of hydrogen-bond acceptors (Lipinski definition) is 3. The Kier molecular flexibility index (Phi) is 4.49. The van der Waals surface area contributed by atoms with Crippen LogP contribution in [0.15, 0.2) is 72.8 Å². The molecule has 4 rings (SSSR count). The van der Waals surface area contributed by atoms with E-state index in [2.05, 4.69) is 0 Å². The molecule has 28 heavy (non-hydrogen) atoms. The predicted molar refractivity (Wildman–Crippen MR) is 106 cm³/mol. The van der Waals surface area contributed by atoms with Crippen molar-refractivity contribution in [3.8, 4) is 5.75 Å². The zero-order valence-electron chi connectivity index (χ0n) is 15.1. The number of nitrogens with zero attached hydrogens (tertiary/aromatic N) is 1. The summed E-state index contributed by atoms with van der Waals surface area (Å²) in [6.07, 6.45) is 1.48. The molecule has 0 atom stereocenters. The number of methoxy groups -OCH3 is 1. The van der Waals surface area contributed by atoms with Gasteiger partial charge in [-0.3, -0.25) is 9.59 Å². The largest absolute Gasteiger partial charge is 0.495 e. The average Bonchev–Trinajstić information content (AvgIpc) is 2.73. The van der Waals surface area contributed by atoms with E-state index >= 15 is 0 Å². The number of ether oxygens (including phenoxy) is 1. The lowest BCUT2D eigenvalue weighted by atomic mass is 9.91. The molecule has 2 amide bonds. The maximum absolute atomic E-state index is 14.2. The molecule has 0 saturated heterocycles. The number of amides is 2. The molecule has 0 fully saturated rings. The maximum atomic E-state index is 14.2. The Labute approximate surface area is 161 Å². The fourth-order valence-corrected chi connectivity index (χ4v) is 3.27. The highest BCUT2D eigenvalue weighted by Gasteiger charge is 2.37. The van der Waals surface area contributed by atoms with Crippen LogP contribution in [0.5, 0.6) is 5.75 Å². The standard InChI is InChI=1S/C23H16FNO3/c1-28-21-13-7-6-12-20(21)25-22(26)17-10-4-3-9-16(17)18(23(25)27)14-15-8-2-5-11-19(15)24/h2-14H,1H3/b18-14-. The van der Waals surface area contributed by atoms with E-state index < -0.39 is 17.6 Å². The van der Waals surface area contributed by atoms with Crippen molar-refractivity contribution in [1.82, 2.24) is 0 Å². The van der Waals surface area contributed by atoms with Crippen LogP contribution in [0.1, 0.15) is 21.5 Å². The number of rotatable bonds is 3. The maximum Gasteiger partial charge on any atom is 0.266 e. The van der Waals surface area contributed by atoms with Crippen molar-refractivity contribution in [3.05, 3.63) is 95.3 Å². The summed E-state index contributed by atoms with van der Waals surface area (Å²) in [5.41, 5.74) is 1.71. The van der Waals surface area contributed by atoms with E-state index in [4.69, 9.17) is 4.74 Å². The van der Waals surface area contributed by atoms with Gasteiger partial charge < -0.3 is 4.74 Å². The first-order chi connectivity index (χ1) is 13.6. The van der Waals surface area contributed by atoms with Crippen LogP contribution < -0.4 is 9.64 Å². The van der Waals surface area contributed by atoms with Crippen LogP contribution in [0.25, 0.3) is 11.6 Å². The second-order valence-electron chi connectivity index (χ2n) is 6.24. The Bertz CT molecular complexity index is 1120. The van der Waals surface area contributed by atoms with E-state index in [1.807, 2.05) is 0 Å². The zero-order valence-corrected chi connectivity index (χ0v) is 15.1. The summed E-state index contributed by atoms with van der Waals surface area (Å²) in [6, 6.07) is 19.8. The zero-order chi connectivity index (χ0) is 19.7. The molecular weight excluding hydrogens is 357 g/mol. The lowest BCUT2D eigenvalue weighted by Gasteiger charge is -2.29. The Morgan fingerprint density at radius 1 is 0.821 bits per heavy atom. The smallest absolute Gasteiger partial charge is 0.266 e. The van der Waals surface area contributed by atoms with Gasteiger partial charge in [-0.1, -0.05) is 48.5 Å². The van der Waals surface area contributed by atoms with Gasteiger partial charge in [0.2, 0.25) is 0 Å². The van der Waals surface area contributed by atoms with Gasteiger partial charge >= 0.3 is 0 Å². The summed E-state index contributed by atoms with van der Waals surface area (Å²) in [5, 5.41) is 0. The number of halogens is 1. The fraction of sp³-hybridized carbons (Fsp3) is 0.0435. The molecule has 138 valence electrons. The summed E-state index contributed by atoms with van der Waals surface area (Å²) in [4.78, 5) is 27.5. The molecular formula is C23H16FNO3. The highest BCUT2D eigenvalue weighted by molar-refractivity contribution is 6.43. The van der Waals surface area contributed by atoms with Crippen molar-refractivity contribution in [2.75, 3.05) is 12.0 Å². The molecule has 0 bridgehead atoms. The molecule has 3 aromatic rings. The number of fused-ring (bicyclic) bond motifs is 1. The molecule has 1 heterocycles. The van der Waals surface area contributed by atoms with Gasteiger partial charge in [0.25, 0.3) is 11.8 Å². The predicted octanol–water partition coefficient (Wildman–Crippen LogP) is 4.56. The first-order valence-corrected chi connectivity index (χ1v) is 8.69. The molecule has 1 aliphatic rings. The third-order valence-electron chi connectivity index (χ3n) is 4.62. The lowest BCUT2D eigenvalue weighted by Crippen LogP contribution is -2.42. The quantitative estimate of drug-likeness (QED) is 0.499. The summed E-state index contributed by atoms with van der Waals surface area (Å²) < 4.78 is 19.5. The number of para-hydroxylation sites is 2. The molecule has 0 N–H and O–H groups in total. The number of imide groups is 1. The van der Waals surface area contributed by atoms with Crippen LogP contribution in [0.2, 0.25) is 0 Å². The van der Waals surface area contributed by atoms with Crippen molar-refractivity contribution >= 4 is 29.2 Å². The van der Waals surface area contributed by atoms with E-state index in [-0.39, 0.29) is 11.1 Å². The first kappa shape index (κ1) is 17.7. The molecule has 0 unspecified atom stereocenters. The van der Waals surface area contributed by atoms with Crippen LogP contribution >= 0.6 is 0 Å². The number of hydrogen-bond donors (Lipinski definition) is 0. The minimum absolute atomic E-state index is 0.242. The van der Waals surface area contributed by atoms with Crippen LogP contribution in [-0.4, -0.2) is 18.9 Å². The minimum atomic E-state index is -0.531. The molecule has 1 aliphatic heterocycles. The average molecular weight is 373 g/mol. The van der Waals surface area contributed by atoms with Gasteiger partial charge in [0.1, 0.15) is 11.6 Å². The van der Waals surface area contributed by atoms with Crippen molar-refractivity contribution in [1.29, 1.82) is 0 Å².